The fourth-order valence-corrected chi connectivity index (χ4v) is 2.28. The molecular weight excluding hydrogens is 246 g/mol. The summed E-state index contributed by atoms with van der Waals surface area (Å²) < 4.78 is 10.9. The quantitative estimate of drug-likeness (QED) is 0.855. The number of rotatable bonds is 4. The molecule has 1 saturated heterocycles. The van der Waals surface area contributed by atoms with E-state index in [1.807, 2.05) is 6.92 Å². The van der Waals surface area contributed by atoms with Gasteiger partial charge in [0.1, 0.15) is 5.60 Å². The molecule has 0 aromatic carbocycles. The van der Waals surface area contributed by atoms with Gasteiger partial charge in [0, 0.05) is 24.9 Å². The summed E-state index contributed by atoms with van der Waals surface area (Å²) in [5.41, 5.74) is 6.56. The summed E-state index contributed by atoms with van der Waals surface area (Å²) in [5, 5.41) is 4.00. The Morgan fingerprint density at radius 3 is 3.16 bits per heavy atom. The highest BCUT2D eigenvalue weighted by molar-refractivity contribution is 5.06. The predicted molar refractivity (Wildman–Crippen MR) is 66.1 cm³/mol. The van der Waals surface area contributed by atoms with Crippen LogP contribution in [0.3, 0.4) is 0 Å². The molecule has 1 fully saturated rings. The Kier molecular flexibility index (Phi) is 3.08. The van der Waals surface area contributed by atoms with E-state index in [-0.39, 0.29) is 6.04 Å². The first kappa shape index (κ1) is 12.3. The largest absolute Gasteiger partial charge is 0.367 e. The zero-order valence-electron chi connectivity index (χ0n) is 10.8. The van der Waals surface area contributed by atoms with Crippen molar-refractivity contribution in [2.75, 3.05) is 6.61 Å². The fraction of sp³-hybridized carbons (Fsp3) is 0.583. The maximum Gasteiger partial charge on any atom is 0.244 e. The van der Waals surface area contributed by atoms with Crippen LogP contribution in [0.25, 0.3) is 0 Å². The third-order valence-electron chi connectivity index (χ3n) is 3.45. The van der Waals surface area contributed by atoms with E-state index in [4.69, 9.17) is 15.0 Å². The molecule has 1 aliphatic rings. The summed E-state index contributed by atoms with van der Waals surface area (Å²) >= 11 is 0. The van der Waals surface area contributed by atoms with Crippen LogP contribution >= 0.6 is 0 Å². The Balaban J connectivity index is 1.73. The molecule has 1 unspecified atom stereocenters. The molecule has 7 nitrogen and oxygen atoms in total. The Labute approximate surface area is 110 Å². The van der Waals surface area contributed by atoms with E-state index in [2.05, 4.69) is 20.1 Å². The molecule has 102 valence electrons. The average Bonchev–Trinajstić information content (AvgIpc) is 3.08. The van der Waals surface area contributed by atoms with Crippen molar-refractivity contribution < 1.29 is 9.26 Å². The van der Waals surface area contributed by atoms with Crippen molar-refractivity contribution in [2.45, 2.75) is 37.8 Å². The van der Waals surface area contributed by atoms with E-state index in [0.29, 0.717) is 18.1 Å². The van der Waals surface area contributed by atoms with Crippen LogP contribution < -0.4 is 5.73 Å². The van der Waals surface area contributed by atoms with Gasteiger partial charge in [0.05, 0.1) is 12.4 Å². The normalized spacial score (nSPS) is 24.7. The molecule has 2 aromatic rings. The molecule has 0 aliphatic carbocycles. The van der Waals surface area contributed by atoms with Crippen molar-refractivity contribution in [3.63, 3.8) is 0 Å². The lowest BCUT2D eigenvalue weighted by Crippen LogP contribution is -2.22. The number of imidazole rings is 1. The first-order valence-electron chi connectivity index (χ1n) is 6.38. The van der Waals surface area contributed by atoms with Crippen LogP contribution in [0.4, 0.5) is 0 Å². The molecular formula is C12H17N5O2. The number of H-pyrrole nitrogens is 1. The molecule has 3 heterocycles. The van der Waals surface area contributed by atoms with Gasteiger partial charge in [-0.25, -0.2) is 4.98 Å². The van der Waals surface area contributed by atoms with Crippen LogP contribution in [-0.4, -0.2) is 26.7 Å². The van der Waals surface area contributed by atoms with Crippen LogP contribution in [0.15, 0.2) is 17.0 Å². The van der Waals surface area contributed by atoms with Crippen molar-refractivity contribution in [3.8, 4) is 0 Å². The smallest absolute Gasteiger partial charge is 0.244 e. The molecule has 19 heavy (non-hydrogen) atoms. The zero-order valence-corrected chi connectivity index (χ0v) is 10.8. The predicted octanol–water partition coefficient (Wildman–Crippen LogP) is 1.06. The van der Waals surface area contributed by atoms with Crippen molar-refractivity contribution in [1.29, 1.82) is 0 Å². The van der Waals surface area contributed by atoms with Gasteiger partial charge in [-0.15, -0.1) is 0 Å². The van der Waals surface area contributed by atoms with Gasteiger partial charge < -0.3 is 20.0 Å². The number of hydrogen-bond acceptors (Lipinski definition) is 6. The van der Waals surface area contributed by atoms with E-state index < -0.39 is 5.60 Å². The average molecular weight is 263 g/mol. The molecule has 0 amide bonds. The van der Waals surface area contributed by atoms with Gasteiger partial charge in [0.15, 0.2) is 0 Å². The summed E-state index contributed by atoms with van der Waals surface area (Å²) in [7, 11) is 0. The van der Waals surface area contributed by atoms with Gasteiger partial charge in [-0.2, -0.15) is 4.98 Å². The summed E-state index contributed by atoms with van der Waals surface area (Å²) in [6.45, 7) is 2.72. The molecule has 3 N–H and O–H groups in total. The van der Waals surface area contributed by atoms with Gasteiger partial charge in [-0.1, -0.05) is 5.16 Å². The number of aromatic nitrogens is 4. The van der Waals surface area contributed by atoms with Gasteiger partial charge in [-0.3, -0.25) is 0 Å². The highest BCUT2D eigenvalue weighted by Gasteiger charge is 2.37. The standard InChI is InChI=1S/C12H17N5O2/c1-12(3-2-4-18-12)11-16-10(19-17-11)9(13)5-8-6-14-7-15-8/h6-7,9H,2-5,13H2,1H3,(H,14,15)/t9-,12?/m0/s1. The summed E-state index contributed by atoms with van der Waals surface area (Å²) in [5.74, 6) is 1.02. The Morgan fingerprint density at radius 1 is 1.58 bits per heavy atom. The highest BCUT2D eigenvalue weighted by Crippen LogP contribution is 2.34. The molecule has 3 rings (SSSR count). The van der Waals surface area contributed by atoms with Gasteiger partial charge >= 0.3 is 0 Å². The topological polar surface area (TPSA) is 103 Å². The molecule has 1 aliphatic heterocycles. The van der Waals surface area contributed by atoms with Gasteiger partial charge in [-0.05, 0) is 19.8 Å². The van der Waals surface area contributed by atoms with E-state index in [1.54, 1.807) is 12.5 Å². The summed E-state index contributed by atoms with van der Waals surface area (Å²) in [6.07, 6.45) is 5.86. The van der Waals surface area contributed by atoms with E-state index in [1.165, 1.54) is 0 Å². The van der Waals surface area contributed by atoms with Crippen LogP contribution in [0.2, 0.25) is 0 Å². The van der Waals surface area contributed by atoms with E-state index in [0.717, 1.165) is 25.1 Å². The molecule has 0 bridgehead atoms. The Morgan fingerprint density at radius 2 is 2.47 bits per heavy atom. The SMILES string of the molecule is CC1(c2noc([C@@H](N)Cc3cnc[nH]3)n2)CCCO1. The number of hydrogen-bond donors (Lipinski definition) is 2. The van der Waals surface area contributed by atoms with E-state index in [9.17, 15) is 0 Å². The number of ether oxygens (including phenoxy) is 1. The maximum atomic E-state index is 6.06. The van der Waals surface area contributed by atoms with Crippen LogP contribution in [0.5, 0.6) is 0 Å². The number of nitrogens with one attached hydrogen (secondary N) is 1. The van der Waals surface area contributed by atoms with Crippen molar-refractivity contribution in [2.24, 2.45) is 5.73 Å². The van der Waals surface area contributed by atoms with E-state index >= 15 is 0 Å². The first-order chi connectivity index (χ1) is 9.17. The molecule has 0 saturated carbocycles. The highest BCUT2D eigenvalue weighted by atomic mass is 16.5. The molecule has 7 heteroatoms. The Bertz CT molecular complexity index is 530. The second-order valence-electron chi connectivity index (χ2n) is 5.03. The van der Waals surface area contributed by atoms with Gasteiger partial charge in [0.25, 0.3) is 0 Å². The summed E-state index contributed by atoms with van der Waals surface area (Å²) in [6, 6.07) is -0.341. The second kappa shape index (κ2) is 4.75. The lowest BCUT2D eigenvalue weighted by Gasteiger charge is -2.17. The minimum atomic E-state index is -0.435. The third kappa shape index (κ3) is 2.39. The third-order valence-corrected chi connectivity index (χ3v) is 3.45. The van der Waals surface area contributed by atoms with Crippen molar-refractivity contribution in [1.82, 2.24) is 20.1 Å². The Hall–Kier alpha value is -1.73. The molecule has 0 radical (unpaired) electrons. The minimum Gasteiger partial charge on any atom is -0.367 e. The number of aromatic amines is 1. The lowest BCUT2D eigenvalue weighted by molar-refractivity contribution is 0.00768. The number of nitrogens with two attached hydrogens (primary N) is 1. The second-order valence-corrected chi connectivity index (χ2v) is 5.03. The molecule has 2 aromatic heterocycles. The molecule has 0 spiro atoms. The monoisotopic (exact) mass is 263 g/mol. The first-order valence-corrected chi connectivity index (χ1v) is 6.38. The number of nitrogens with zero attached hydrogens (tertiary/aromatic N) is 3. The van der Waals surface area contributed by atoms with Crippen molar-refractivity contribution in [3.05, 3.63) is 29.9 Å². The fourth-order valence-electron chi connectivity index (χ4n) is 2.28. The minimum absolute atomic E-state index is 0.341. The maximum absolute atomic E-state index is 6.06. The molecule has 2 atom stereocenters. The zero-order chi connectivity index (χ0) is 13.3. The van der Waals surface area contributed by atoms with Crippen LogP contribution in [0, 0.1) is 0 Å². The lowest BCUT2D eigenvalue weighted by atomic mass is 10.0. The van der Waals surface area contributed by atoms with Crippen molar-refractivity contribution >= 4 is 0 Å². The van der Waals surface area contributed by atoms with Gasteiger partial charge in [0.2, 0.25) is 11.7 Å². The van der Waals surface area contributed by atoms with Crippen LogP contribution in [0.1, 0.15) is 43.2 Å². The van der Waals surface area contributed by atoms with Crippen LogP contribution in [-0.2, 0) is 16.8 Å². The summed E-state index contributed by atoms with van der Waals surface area (Å²) in [4.78, 5) is 11.3.